The molecule has 0 fully saturated rings. The lowest BCUT2D eigenvalue weighted by Crippen LogP contribution is -1.91. The predicted octanol–water partition coefficient (Wildman–Crippen LogP) is 0.523. The van der Waals surface area contributed by atoms with Gasteiger partial charge in [-0.1, -0.05) is 13.0 Å². The van der Waals surface area contributed by atoms with Gasteiger partial charge in [-0.3, -0.25) is 0 Å². The number of rotatable bonds is 2. The molecule has 0 unspecified atom stereocenters. The largest absolute Gasteiger partial charge is 0.246 e. The molecule has 0 aromatic carbocycles. The van der Waals surface area contributed by atoms with Gasteiger partial charge in [0.15, 0.2) is 0 Å². The van der Waals surface area contributed by atoms with Gasteiger partial charge in [0, 0.05) is 5.41 Å². The molecule has 0 saturated heterocycles. The van der Waals surface area contributed by atoms with Crippen molar-refractivity contribution >= 4 is 10.0 Å². The van der Waals surface area contributed by atoms with Crippen molar-refractivity contribution in [3.8, 4) is 0 Å². The summed E-state index contributed by atoms with van der Waals surface area (Å²) in [6, 6.07) is 0. The summed E-state index contributed by atoms with van der Waals surface area (Å²) in [5, 5.41) is 7.20. The molecule has 0 saturated carbocycles. The Balaban J connectivity index is 3.92. The highest BCUT2D eigenvalue weighted by molar-refractivity contribution is 7.91. The van der Waals surface area contributed by atoms with Gasteiger partial charge in [0.1, 0.15) is 0 Å². The molecule has 0 rings (SSSR count). The Labute approximate surface area is 49.2 Å². The monoisotopic (exact) mass is 134 g/mol. The van der Waals surface area contributed by atoms with Gasteiger partial charge in [-0.25, -0.2) is 8.42 Å². The number of nitrogens with one attached hydrogen (secondary N) is 1. The summed E-state index contributed by atoms with van der Waals surface area (Å²) in [5.74, 6) is 0. The van der Waals surface area contributed by atoms with Gasteiger partial charge in [0.25, 0.3) is 0 Å². The molecule has 0 amide bonds. The lowest BCUT2D eigenvalue weighted by Gasteiger charge is -1.79. The van der Waals surface area contributed by atoms with Crippen molar-refractivity contribution < 1.29 is 8.42 Å². The van der Waals surface area contributed by atoms with E-state index in [1.807, 2.05) is 6.92 Å². The molecule has 47 valence electrons. The SMILES string of the molecule is CC/C=C/S([NH])(=O)=O. The minimum atomic E-state index is -3.62. The lowest BCUT2D eigenvalue weighted by atomic mass is 10.5. The van der Waals surface area contributed by atoms with E-state index in [-0.39, 0.29) is 0 Å². The Hall–Kier alpha value is -0.350. The number of hydrogen-bond donors (Lipinski definition) is 0. The van der Waals surface area contributed by atoms with Crippen LogP contribution in [0.25, 0.3) is 0 Å². The first kappa shape index (κ1) is 7.65. The van der Waals surface area contributed by atoms with Gasteiger partial charge in [-0.05, 0) is 6.42 Å². The Morgan fingerprint density at radius 2 is 2.12 bits per heavy atom. The fraction of sp³-hybridized carbons (Fsp3) is 0.500. The molecule has 4 heteroatoms. The standard InChI is InChI=1S/C4H8NO2S/c1-2-3-4-8(5,6)7/h3-5H,2H2,1H3/b4-3+. The molecular formula is C4H8NO2S. The normalized spacial score (nSPS) is 12.8. The lowest BCUT2D eigenvalue weighted by molar-refractivity contribution is 0.604. The Morgan fingerprint density at radius 1 is 1.62 bits per heavy atom. The van der Waals surface area contributed by atoms with E-state index in [9.17, 15) is 8.42 Å². The Bertz CT molecular complexity index is 168. The maximum atomic E-state index is 9.97. The minimum Gasteiger partial charge on any atom is -0.206 e. The first-order valence-electron chi connectivity index (χ1n) is 2.22. The van der Waals surface area contributed by atoms with Crippen LogP contribution in [0.15, 0.2) is 11.5 Å². The molecule has 0 heterocycles. The fourth-order valence-electron chi connectivity index (χ4n) is 0.223. The van der Waals surface area contributed by atoms with E-state index >= 15 is 0 Å². The minimum absolute atomic E-state index is 0.651. The molecule has 0 atom stereocenters. The smallest absolute Gasteiger partial charge is 0.206 e. The van der Waals surface area contributed by atoms with Crippen LogP contribution < -0.4 is 5.14 Å². The zero-order valence-electron chi connectivity index (χ0n) is 4.59. The Kier molecular flexibility index (Phi) is 2.71. The number of hydrogen-bond acceptors (Lipinski definition) is 2. The molecule has 0 aliphatic rings. The van der Waals surface area contributed by atoms with Crippen LogP contribution in [0.1, 0.15) is 13.3 Å². The van der Waals surface area contributed by atoms with Crippen LogP contribution in [-0.4, -0.2) is 8.42 Å². The number of allylic oxidation sites excluding steroid dienone is 1. The van der Waals surface area contributed by atoms with Crippen LogP contribution in [0.4, 0.5) is 0 Å². The van der Waals surface area contributed by atoms with Crippen molar-refractivity contribution in [3.63, 3.8) is 0 Å². The van der Waals surface area contributed by atoms with Crippen LogP contribution in [0.2, 0.25) is 0 Å². The zero-order chi connectivity index (χ0) is 6.62. The van der Waals surface area contributed by atoms with E-state index in [1.165, 1.54) is 6.08 Å². The third-order valence-corrected chi connectivity index (χ3v) is 1.06. The van der Waals surface area contributed by atoms with Crippen molar-refractivity contribution in [2.45, 2.75) is 13.3 Å². The third-order valence-electron chi connectivity index (χ3n) is 0.511. The highest BCUT2D eigenvalue weighted by Crippen LogP contribution is 1.85. The van der Waals surface area contributed by atoms with Gasteiger partial charge in [-0.15, -0.1) is 5.14 Å². The van der Waals surface area contributed by atoms with Crippen molar-refractivity contribution in [2.75, 3.05) is 0 Å². The van der Waals surface area contributed by atoms with Crippen molar-refractivity contribution in [1.29, 1.82) is 0 Å². The van der Waals surface area contributed by atoms with Crippen LogP contribution in [0, 0.1) is 0 Å². The molecule has 0 bridgehead atoms. The van der Waals surface area contributed by atoms with E-state index in [1.54, 1.807) is 0 Å². The molecule has 1 radical (unpaired) electrons. The molecule has 8 heavy (non-hydrogen) atoms. The zero-order valence-corrected chi connectivity index (χ0v) is 5.40. The highest BCUT2D eigenvalue weighted by Gasteiger charge is 1.90. The fourth-order valence-corrected chi connectivity index (χ4v) is 0.669. The first-order chi connectivity index (χ1) is 3.56. The van der Waals surface area contributed by atoms with Crippen molar-refractivity contribution in [1.82, 2.24) is 5.14 Å². The van der Waals surface area contributed by atoms with Gasteiger partial charge < -0.3 is 0 Å². The first-order valence-corrected chi connectivity index (χ1v) is 3.77. The summed E-state index contributed by atoms with van der Waals surface area (Å²) in [5.41, 5.74) is 0. The van der Waals surface area contributed by atoms with Crippen LogP contribution in [-0.2, 0) is 10.0 Å². The summed E-state index contributed by atoms with van der Waals surface area (Å²) in [7, 11) is -3.62. The summed E-state index contributed by atoms with van der Waals surface area (Å²) in [6.07, 6.45) is 2.08. The van der Waals surface area contributed by atoms with Crippen LogP contribution in [0.5, 0.6) is 0 Å². The van der Waals surface area contributed by atoms with E-state index < -0.39 is 10.0 Å². The van der Waals surface area contributed by atoms with E-state index in [0.717, 1.165) is 5.41 Å². The topological polar surface area (TPSA) is 57.9 Å². The van der Waals surface area contributed by atoms with Gasteiger partial charge in [-0.2, -0.15) is 0 Å². The highest BCUT2D eigenvalue weighted by atomic mass is 32.2. The van der Waals surface area contributed by atoms with Crippen LogP contribution in [0.3, 0.4) is 0 Å². The maximum Gasteiger partial charge on any atom is 0.246 e. The maximum absolute atomic E-state index is 9.97. The van der Waals surface area contributed by atoms with E-state index in [2.05, 4.69) is 0 Å². The summed E-state index contributed by atoms with van der Waals surface area (Å²) in [4.78, 5) is 0. The van der Waals surface area contributed by atoms with E-state index in [0.29, 0.717) is 6.42 Å². The second kappa shape index (κ2) is 2.84. The van der Waals surface area contributed by atoms with Gasteiger partial charge >= 0.3 is 0 Å². The van der Waals surface area contributed by atoms with Gasteiger partial charge in [0.2, 0.25) is 10.0 Å². The Morgan fingerprint density at radius 3 is 2.25 bits per heavy atom. The average Bonchev–Trinajstić information content (AvgIpc) is 1.59. The van der Waals surface area contributed by atoms with E-state index in [4.69, 9.17) is 5.14 Å². The van der Waals surface area contributed by atoms with Gasteiger partial charge in [0.05, 0.1) is 0 Å². The van der Waals surface area contributed by atoms with Crippen molar-refractivity contribution in [3.05, 3.63) is 11.5 Å². The van der Waals surface area contributed by atoms with Crippen LogP contribution >= 0.6 is 0 Å². The summed E-state index contributed by atoms with van der Waals surface area (Å²) < 4.78 is 19.9. The molecule has 0 aromatic heterocycles. The molecule has 3 nitrogen and oxygen atoms in total. The average molecular weight is 134 g/mol. The third kappa shape index (κ3) is 5.65. The number of sulfonamides is 1. The molecule has 0 aliphatic carbocycles. The molecular weight excluding hydrogens is 126 g/mol. The second-order valence-electron chi connectivity index (χ2n) is 1.33. The molecule has 1 N–H and O–H groups in total. The second-order valence-corrected chi connectivity index (χ2v) is 2.69. The predicted molar refractivity (Wildman–Crippen MR) is 31.4 cm³/mol. The quantitative estimate of drug-likeness (QED) is 0.553. The molecule has 0 spiro atoms. The molecule has 0 aliphatic heterocycles. The van der Waals surface area contributed by atoms with Crippen molar-refractivity contribution in [2.24, 2.45) is 0 Å². The summed E-state index contributed by atoms with van der Waals surface area (Å²) in [6.45, 7) is 1.81. The molecule has 0 aromatic rings. The summed E-state index contributed by atoms with van der Waals surface area (Å²) >= 11 is 0.